The second-order valence-electron chi connectivity index (χ2n) is 6.62. The molecule has 2 aliphatic heterocycles. The van der Waals surface area contributed by atoms with Gasteiger partial charge < -0.3 is 14.7 Å². The quantitative estimate of drug-likeness (QED) is 0.759. The van der Waals surface area contributed by atoms with Crippen molar-refractivity contribution in [3.63, 3.8) is 0 Å². The number of hydrogen-bond acceptors (Lipinski definition) is 8. The summed E-state index contributed by atoms with van der Waals surface area (Å²) >= 11 is 1.43. The Kier molecular flexibility index (Phi) is 7.44. The highest BCUT2D eigenvalue weighted by molar-refractivity contribution is 7.12. The number of aliphatic hydroxyl groups excluding tert-OH is 1. The maximum atomic E-state index is 14.7. The summed E-state index contributed by atoms with van der Waals surface area (Å²) < 4.78 is 19.7. The van der Waals surface area contributed by atoms with Crippen LogP contribution in [0.25, 0.3) is 0 Å². The number of benzene rings is 1. The number of cyclic esters (lactones) is 1. The van der Waals surface area contributed by atoms with Gasteiger partial charge in [0.2, 0.25) is 0 Å². The number of anilines is 2. The Morgan fingerprint density at radius 1 is 1.32 bits per heavy atom. The molecule has 31 heavy (non-hydrogen) atoms. The number of thiophene rings is 1. The smallest absolute Gasteiger partial charge is 0.414 e. The molecule has 2 aromatic rings. The highest BCUT2D eigenvalue weighted by Gasteiger charge is 2.32. The molecule has 1 atom stereocenters. The van der Waals surface area contributed by atoms with Crippen LogP contribution in [0.5, 0.6) is 0 Å². The number of amides is 1. The van der Waals surface area contributed by atoms with E-state index in [0.29, 0.717) is 35.9 Å². The van der Waals surface area contributed by atoms with Crippen molar-refractivity contribution in [2.24, 2.45) is 5.10 Å². The van der Waals surface area contributed by atoms with E-state index >= 15 is 0 Å². The van der Waals surface area contributed by atoms with Crippen LogP contribution in [0, 0.1) is 17.1 Å². The van der Waals surface area contributed by atoms with Gasteiger partial charge >= 0.3 is 6.09 Å². The average molecular weight is 446 g/mol. The highest BCUT2D eigenvalue weighted by Crippen LogP contribution is 2.28. The van der Waals surface area contributed by atoms with Gasteiger partial charge in [-0.25, -0.2) is 9.18 Å². The van der Waals surface area contributed by atoms with Crippen LogP contribution >= 0.6 is 11.3 Å². The van der Waals surface area contributed by atoms with E-state index in [1.54, 1.807) is 29.4 Å². The Morgan fingerprint density at radius 3 is 2.71 bits per heavy atom. The van der Waals surface area contributed by atoms with Crippen molar-refractivity contribution in [3.8, 4) is 6.07 Å². The van der Waals surface area contributed by atoms with E-state index in [1.165, 1.54) is 22.3 Å². The number of ether oxygens (including phenoxy) is 1. The molecule has 0 spiro atoms. The van der Waals surface area contributed by atoms with E-state index in [9.17, 15) is 9.18 Å². The first-order valence-electron chi connectivity index (χ1n) is 10.0. The Hall–Kier alpha value is -3.16. The van der Waals surface area contributed by atoms with Gasteiger partial charge in [-0.05, 0) is 30.3 Å². The lowest BCUT2D eigenvalue weighted by Crippen LogP contribution is -2.37. The lowest BCUT2D eigenvalue weighted by Gasteiger charge is -2.30. The second kappa shape index (κ2) is 10.2. The number of carbonyl (C=O) groups excluding carboxylic acids is 1. The summed E-state index contributed by atoms with van der Waals surface area (Å²) in [6, 6.07) is 10.4. The van der Waals surface area contributed by atoms with E-state index in [4.69, 9.17) is 15.1 Å². The van der Waals surface area contributed by atoms with Crippen molar-refractivity contribution in [3.05, 3.63) is 45.9 Å². The molecule has 0 saturated carbocycles. The topological polar surface area (TPSA) is 92.4 Å². The van der Waals surface area contributed by atoms with Gasteiger partial charge in [-0.1, -0.05) is 13.8 Å². The summed E-state index contributed by atoms with van der Waals surface area (Å²) in [5.74, 6) is -0.473. The standard InChI is InChI=1S/C19H18FN5O3S.C2H6/c20-17-7-13(25-9-14(11-26)28-19(25)27)1-4-18(17)23-5-6-24(22-12-23)10-16-3-2-15(8-21)29-16;1-2/h1-4,7,12,14,26H,5-6,9-11H2;1-2H3. The third-order valence-corrected chi connectivity index (χ3v) is 5.67. The molecule has 4 rings (SSSR count). The second-order valence-corrected chi connectivity index (χ2v) is 7.79. The van der Waals surface area contributed by atoms with E-state index in [0.717, 1.165) is 4.88 Å². The molecule has 10 heteroatoms. The van der Waals surface area contributed by atoms with Crippen LogP contribution in [-0.2, 0) is 11.3 Å². The molecule has 1 aromatic carbocycles. The predicted octanol–water partition coefficient (Wildman–Crippen LogP) is 3.37. The van der Waals surface area contributed by atoms with Gasteiger partial charge in [-0.15, -0.1) is 11.3 Å². The molecule has 1 amide bonds. The van der Waals surface area contributed by atoms with Crippen LogP contribution in [0.4, 0.5) is 20.6 Å². The average Bonchev–Trinajstić information content (AvgIpc) is 3.41. The molecule has 164 valence electrons. The Balaban J connectivity index is 0.00000132. The van der Waals surface area contributed by atoms with Gasteiger partial charge in [0.05, 0.1) is 37.6 Å². The van der Waals surface area contributed by atoms with Crippen LogP contribution in [-0.4, -0.2) is 54.9 Å². The highest BCUT2D eigenvalue weighted by atomic mass is 32.1. The minimum absolute atomic E-state index is 0.185. The van der Waals surface area contributed by atoms with Crippen LogP contribution in [0.1, 0.15) is 23.6 Å². The molecule has 0 radical (unpaired) electrons. The maximum absolute atomic E-state index is 14.7. The number of rotatable bonds is 5. The molecule has 1 saturated heterocycles. The molecular formula is C21H24FN5O3S. The normalized spacial score (nSPS) is 17.8. The Morgan fingerprint density at radius 2 is 2.13 bits per heavy atom. The molecule has 8 nitrogen and oxygen atoms in total. The first-order valence-corrected chi connectivity index (χ1v) is 10.8. The van der Waals surface area contributed by atoms with Crippen molar-refractivity contribution in [2.45, 2.75) is 26.5 Å². The molecule has 1 aromatic heterocycles. The number of carbonyl (C=O) groups is 1. The van der Waals surface area contributed by atoms with Crippen molar-refractivity contribution in [1.29, 1.82) is 5.26 Å². The van der Waals surface area contributed by atoms with Crippen molar-refractivity contribution in [2.75, 3.05) is 36.0 Å². The first-order chi connectivity index (χ1) is 15.1. The van der Waals surface area contributed by atoms with Crippen LogP contribution in [0.15, 0.2) is 35.4 Å². The van der Waals surface area contributed by atoms with Gasteiger partial charge in [0, 0.05) is 11.4 Å². The summed E-state index contributed by atoms with van der Waals surface area (Å²) in [7, 11) is 0. The molecule has 3 heterocycles. The minimum atomic E-state index is -0.599. The zero-order valence-electron chi connectivity index (χ0n) is 17.4. The van der Waals surface area contributed by atoms with E-state index in [-0.39, 0.29) is 13.2 Å². The summed E-state index contributed by atoms with van der Waals surface area (Å²) in [4.78, 5) is 16.6. The summed E-state index contributed by atoms with van der Waals surface area (Å²) in [5.41, 5.74) is 0.750. The van der Waals surface area contributed by atoms with E-state index < -0.39 is 18.0 Å². The lowest BCUT2D eigenvalue weighted by molar-refractivity contribution is 0.0963. The van der Waals surface area contributed by atoms with E-state index in [2.05, 4.69) is 11.2 Å². The minimum Gasteiger partial charge on any atom is -0.441 e. The Bertz CT molecular complexity index is 990. The maximum Gasteiger partial charge on any atom is 0.414 e. The number of nitrogens with zero attached hydrogens (tertiary/aromatic N) is 5. The first kappa shape index (κ1) is 22.5. The summed E-state index contributed by atoms with van der Waals surface area (Å²) in [6.07, 6.45) is 0.379. The molecular weight excluding hydrogens is 421 g/mol. The van der Waals surface area contributed by atoms with Crippen molar-refractivity contribution in [1.82, 2.24) is 5.01 Å². The molecule has 1 unspecified atom stereocenters. The monoisotopic (exact) mass is 445 g/mol. The van der Waals surface area contributed by atoms with Crippen molar-refractivity contribution < 1.29 is 19.0 Å². The fourth-order valence-corrected chi connectivity index (χ4v) is 4.02. The zero-order valence-corrected chi connectivity index (χ0v) is 18.2. The molecule has 1 N–H and O–H groups in total. The third kappa shape index (κ3) is 5.13. The van der Waals surface area contributed by atoms with E-state index in [1.807, 2.05) is 24.9 Å². The SMILES string of the molecule is CC.N#Cc1ccc(CN2CCN(c3ccc(N4CC(CO)OC4=O)cc3F)C=N2)s1. The fourth-order valence-electron chi connectivity index (χ4n) is 3.20. The predicted molar refractivity (Wildman–Crippen MR) is 118 cm³/mol. The number of halogens is 1. The van der Waals surface area contributed by atoms with Gasteiger partial charge in [0.15, 0.2) is 0 Å². The van der Waals surface area contributed by atoms with Gasteiger partial charge in [0.25, 0.3) is 0 Å². The van der Waals surface area contributed by atoms with Crippen LogP contribution < -0.4 is 9.80 Å². The van der Waals surface area contributed by atoms with Crippen LogP contribution in [0.3, 0.4) is 0 Å². The Labute approximate surface area is 184 Å². The number of aliphatic hydroxyl groups is 1. The lowest BCUT2D eigenvalue weighted by atomic mass is 10.2. The number of hydrazone groups is 1. The van der Waals surface area contributed by atoms with Gasteiger partial charge in [-0.2, -0.15) is 10.4 Å². The largest absolute Gasteiger partial charge is 0.441 e. The molecule has 1 fully saturated rings. The number of hydrogen-bond donors (Lipinski definition) is 1. The summed E-state index contributed by atoms with van der Waals surface area (Å²) in [5, 5.41) is 24.3. The molecule has 0 bridgehead atoms. The third-order valence-electron chi connectivity index (χ3n) is 4.69. The zero-order chi connectivity index (χ0) is 22.4. The van der Waals surface area contributed by atoms with Gasteiger partial charge in [-0.3, -0.25) is 9.91 Å². The van der Waals surface area contributed by atoms with Crippen molar-refractivity contribution >= 4 is 35.1 Å². The van der Waals surface area contributed by atoms with Crippen LogP contribution in [0.2, 0.25) is 0 Å². The van der Waals surface area contributed by atoms with Gasteiger partial charge in [0.1, 0.15) is 29.2 Å². The fraction of sp³-hybridized carbons (Fsp3) is 0.381. The number of nitriles is 1. The molecule has 0 aliphatic carbocycles. The summed E-state index contributed by atoms with van der Waals surface area (Å²) in [6.45, 7) is 5.67. The molecule has 2 aliphatic rings.